The summed E-state index contributed by atoms with van der Waals surface area (Å²) in [4.78, 5) is 21.3. The highest BCUT2D eigenvalue weighted by Gasteiger charge is 2.21. The lowest BCUT2D eigenvalue weighted by Crippen LogP contribution is -2.49. The molecule has 11 nitrogen and oxygen atoms in total. The second-order valence-electron chi connectivity index (χ2n) is 7.52. The Kier molecular flexibility index (Phi) is 5.31. The van der Waals surface area contributed by atoms with E-state index in [-0.39, 0.29) is 5.91 Å². The summed E-state index contributed by atoms with van der Waals surface area (Å²) >= 11 is 0. The van der Waals surface area contributed by atoms with Crippen molar-refractivity contribution < 1.29 is 9.42 Å². The first-order valence-corrected chi connectivity index (χ1v) is 10.1. The molecule has 0 unspecified atom stereocenters. The number of carbonyl (C=O) groups is 1. The molecule has 158 valence electrons. The number of tetrazole rings is 1. The van der Waals surface area contributed by atoms with Gasteiger partial charge in [-0.2, -0.15) is 4.68 Å². The molecule has 0 spiro atoms. The molecule has 1 aliphatic heterocycles. The van der Waals surface area contributed by atoms with Crippen LogP contribution in [0, 0.1) is 0 Å². The lowest BCUT2D eigenvalue weighted by atomic mass is 10.1. The van der Waals surface area contributed by atoms with Crippen molar-refractivity contribution >= 4 is 16.9 Å². The Morgan fingerprint density at radius 3 is 2.61 bits per heavy atom. The number of rotatable bonds is 6. The van der Waals surface area contributed by atoms with E-state index in [0.29, 0.717) is 12.2 Å². The smallest absolute Gasteiger partial charge is 0.227 e. The van der Waals surface area contributed by atoms with E-state index in [9.17, 15) is 4.79 Å². The molecule has 1 amide bonds. The Balaban J connectivity index is 1.09. The van der Waals surface area contributed by atoms with E-state index in [1.807, 2.05) is 29.2 Å². The van der Waals surface area contributed by atoms with Gasteiger partial charge in [0.1, 0.15) is 17.4 Å². The highest BCUT2D eigenvalue weighted by Crippen LogP contribution is 2.13. The predicted molar refractivity (Wildman–Crippen MR) is 109 cm³/mol. The third-order valence-corrected chi connectivity index (χ3v) is 5.51. The number of fused-ring (bicyclic) bond motifs is 1. The van der Waals surface area contributed by atoms with Crippen LogP contribution < -0.4 is 0 Å². The quantitative estimate of drug-likeness (QED) is 0.441. The molecule has 1 aromatic carbocycles. The third kappa shape index (κ3) is 4.40. The minimum atomic E-state index is 0.126. The molecule has 0 N–H and O–H groups in total. The number of hydrogen-bond acceptors (Lipinski definition) is 9. The summed E-state index contributed by atoms with van der Waals surface area (Å²) in [5.41, 5.74) is 3.64. The third-order valence-electron chi connectivity index (χ3n) is 5.51. The molecule has 0 saturated carbocycles. The zero-order valence-corrected chi connectivity index (χ0v) is 16.8. The monoisotopic (exact) mass is 419 g/mol. The van der Waals surface area contributed by atoms with Crippen molar-refractivity contribution in [1.82, 2.24) is 45.3 Å². The van der Waals surface area contributed by atoms with Crippen LogP contribution >= 0.6 is 0 Å². The minimum absolute atomic E-state index is 0.126. The number of benzene rings is 1. The van der Waals surface area contributed by atoms with Crippen LogP contribution in [0.15, 0.2) is 47.5 Å². The number of nitrogens with zero attached hydrogens (tertiary/aromatic N) is 9. The van der Waals surface area contributed by atoms with Gasteiger partial charge >= 0.3 is 0 Å². The maximum absolute atomic E-state index is 12.7. The van der Waals surface area contributed by atoms with Crippen LogP contribution in [0.5, 0.6) is 0 Å². The van der Waals surface area contributed by atoms with E-state index < -0.39 is 0 Å². The molecule has 4 heterocycles. The topological polar surface area (TPSA) is 119 Å². The van der Waals surface area contributed by atoms with Gasteiger partial charge in [0.15, 0.2) is 5.82 Å². The van der Waals surface area contributed by atoms with Crippen LogP contribution in [-0.4, -0.2) is 83.9 Å². The fourth-order valence-corrected chi connectivity index (χ4v) is 3.70. The molecule has 31 heavy (non-hydrogen) atoms. The molecule has 4 aromatic rings. The molecule has 0 bridgehead atoms. The highest BCUT2D eigenvalue weighted by molar-refractivity contribution is 5.78. The van der Waals surface area contributed by atoms with Crippen molar-refractivity contribution in [3.63, 3.8) is 0 Å². The van der Waals surface area contributed by atoms with Gasteiger partial charge in [-0.15, -0.1) is 5.10 Å². The second kappa shape index (κ2) is 8.56. The fourth-order valence-electron chi connectivity index (χ4n) is 3.70. The van der Waals surface area contributed by atoms with Gasteiger partial charge in [-0.3, -0.25) is 9.69 Å². The van der Waals surface area contributed by atoms with Crippen molar-refractivity contribution in [3.8, 4) is 5.82 Å². The summed E-state index contributed by atoms with van der Waals surface area (Å²) in [6.45, 7) is 4.16. The predicted octanol–water partition coefficient (Wildman–Crippen LogP) is 0.523. The van der Waals surface area contributed by atoms with Gasteiger partial charge in [0.2, 0.25) is 5.91 Å². The van der Waals surface area contributed by atoms with Crippen LogP contribution in [0.4, 0.5) is 0 Å². The first kappa shape index (κ1) is 19.2. The largest absolute Gasteiger partial charge is 0.340 e. The lowest BCUT2D eigenvalue weighted by Gasteiger charge is -2.34. The van der Waals surface area contributed by atoms with Gasteiger partial charge in [-0.05, 0) is 56.5 Å². The second-order valence-corrected chi connectivity index (χ2v) is 7.52. The number of piperazine rings is 1. The maximum Gasteiger partial charge on any atom is 0.227 e. The van der Waals surface area contributed by atoms with E-state index in [2.05, 4.69) is 41.8 Å². The lowest BCUT2D eigenvalue weighted by molar-refractivity contribution is -0.132. The van der Waals surface area contributed by atoms with Crippen LogP contribution in [0.3, 0.4) is 0 Å². The molecule has 11 heteroatoms. The summed E-state index contributed by atoms with van der Waals surface area (Å²) < 4.78 is 6.23. The number of aromatic nitrogens is 7. The molecule has 1 fully saturated rings. The average Bonchev–Trinajstić information content (AvgIpc) is 3.50. The van der Waals surface area contributed by atoms with E-state index in [0.717, 1.165) is 55.7 Å². The molecule has 5 rings (SSSR count). The summed E-state index contributed by atoms with van der Waals surface area (Å²) in [6.07, 6.45) is 4.45. The van der Waals surface area contributed by atoms with Crippen LogP contribution in [-0.2, 0) is 17.6 Å². The fraction of sp³-hybridized carbons (Fsp3) is 0.350. The number of hydrogen-bond donors (Lipinski definition) is 0. The first-order valence-electron chi connectivity index (χ1n) is 10.1. The summed E-state index contributed by atoms with van der Waals surface area (Å²) in [7, 11) is 0. The Hall–Kier alpha value is -3.73. The Bertz CT molecular complexity index is 1150. The average molecular weight is 419 g/mol. The number of carbonyl (C=O) groups excluding carboxylic acids is 1. The standard InChI is InChI=1S/C20H21N9O2/c30-20(12-16-2-4-19(21-13-16)29-14-22-25-26-29)28-9-7-27(8-10-28)6-5-15-1-3-17-18(11-15)24-31-23-17/h1-4,11,13-14H,5-10,12H2. The summed E-state index contributed by atoms with van der Waals surface area (Å²) in [5, 5.41) is 18.7. The Morgan fingerprint density at radius 2 is 1.84 bits per heavy atom. The Morgan fingerprint density at radius 1 is 1.00 bits per heavy atom. The van der Waals surface area contributed by atoms with Gasteiger partial charge in [0.25, 0.3) is 0 Å². The van der Waals surface area contributed by atoms with Crippen molar-refractivity contribution in [1.29, 1.82) is 0 Å². The first-order chi connectivity index (χ1) is 15.2. The molecule has 1 saturated heterocycles. The molecule has 0 radical (unpaired) electrons. The molecule has 0 aliphatic carbocycles. The van der Waals surface area contributed by atoms with Gasteiger partial charge in [-0.1, -0.05) is 12.1 Å². The van der Waals surface area contributed by atoms with Gasteiger partial charge in [-0.25, -0.2) is 9.61 Å². The van der Waals surface area contributed by atoms with E-state index in [1.165, 1.54) is 16.6 Å². The van der Waals surface area contributed by atoms with E-state index >= 15 is 0 Å². The van der Waals surface area contributed by atoms with Crippen molar-refractivity contribution in [2.45, 2.75) is 12.8 Å². The van der Waals surface area contributed by atoms with E-state index in [4.69, 9.17) is 4.63 Å². The van der Waals surface area contributed by atoms with Crippen LogP contribution in [0.25, 0.3) is 16.9 Å². The highest BCUT2D eigenvalue weighted by atomic mass is 16.6. The molecule has 1 aliphatic rings. The molecular formula is C20H21N9O2. The van der Waals surface area contributed by atoms with Gasteiger partial charge < -0.3 is 4.90 Å². The van der Waals surface area contributed by atoms with Crippen molar-refractivity contribution in [2.24, 2.45) is 0 Å². The van der Waals surface area contributed by atoms with Gasteiger partial charge in [0, 0.05) is 38.9 Å². The van der Waals surface area contributed by atoms with E-state index in [1.54, 1.807) is 6.20 Å². The summed E-state index contributed by atoms with van der Waals surface area (Å²) in [6, 6.07) is 9.71. The number of amides is 1. The maximum atomic E-state index is 12.7. The number of pyridine rings is 1. The zero-order valence-electron chi connectivity index (χ0n) is 16.8. The van der Waals surface area contributed by atoms with Crippen molar-refractivity contribution in [3.05, 3.63) is 54.0 Å². The van der Waals surface area contributed by atoms with Crippen LogP contribution in [0.1, 0.15) is 11.1 Å². The zero-order chi connectivity index (χ0) is 21.0. The SMILES string of the molecule is O=C(Cc1ccc(-n2cnnn2)nc1)N1CCN(CCc2ccc3nonc3c2)CC1. The molecule has 0 atom stereocenters. The molecular weight excluding hydrogens is 398 g/mol. The van der Waals surface area contributed by atoms with Gasteiger partial charge in [0.05, 0.1) is 6.42 Å². The summed E-state index contributed by atoms with van der Waals surface area (Å²) in [5.74, 6) is 0.745. The normalized spacial score (nSPS) is 14.9. The van der Waals surface area contributed by atoms with Crippen LogP contribution in [0.2, 0.25) is 0 Å². The van der Waals surface area contributed by atoms with Crippen molar-refractivity contribution in [2.75, 3.05) is 32.7 Å². The minimum Gasteiger partial charge on any atom is -0.340 e. The Labute approximate surface area is 177 Å². The molecule has 3 aromatic heterocycles.